The van der Waals surface area contributed by atoms with Gasteiger partial charge in [-0.1, -0.05) is 30.3 Å². The van der Waals surface area contributed by atoms with Gasteiger partial charge in [-0.2, -0.15) is 26.3 Å². The Kier molecular flexibility index (Phi) is 9.22. The Bertz CT molecular complexity index is 1230. The SMILES string of the molecule is NC(=O)c1cccc2[nH]c(-c3ccc(C4CCNC4)cc3)nc12.O=C(O)C(F)(F)F.O=C(O)C(F)(F)F. The molecule has 2 heterocycles. The van der Waals surface area contributed by atoms with E-state index in [0.29, 0.717) is 17.0 Å². The number of carbonyl (C=O) groups is 3. The summed E-state index contributed by atoms with van der Waals surface area (Å²) in [7, 11) is 0. The highest BCUT2D eigenvalue weighted by molar-refractivity contribution is 6.04. The second kappa shape index (κ2) is 11.7. The van der Waals surface area contributed by atoms with Crippen LogP contribution >= 0.6 is 0 Å². The number of nitrogens with one attached hydrogen (secondary N) is 2. The first-order valence-corrected chi connectivity index (χ1v) is 10.3. The minimum Gasteiger partial charge on any atom is -0.475 e. The average Bonchev–Trinajstić information content (AvgIpc) is 3.48. The number of fused-ring (bicyclic) bond motifs is 1. The lowest BCUT2D eigenvalue weighted by Crippen LogP contribution is -2.21. The molecule has 37 heavy (non-hydrogen) atoms. The third-order valence-electron chi connectivity index (χ3n) is 4.98. The van der Waals surface area contributed by atoms with Gasteiger partial charge in [-0.3, -0.25) is 4.79 Å². The molecule has 1 aliphatic rings. The van der Waals surface area contributed by atoms with E-state index in [9.17, 15) is 31.1 Å². The van der Waals surface area contributed by atoms with E-state index < -0.39 is 30.2 Å². The number of carbonyl (C=O) groups excluding carboxylic acids is 1. The number of carboxylic acid groups (broad SMARTS) is 2. The highest BCUT2D eigenvalue weighted by Gasteiger charge is 2.38. The number of hydrogen-bond acceptors (Lipinski definition) is 5. The molecule has 1 unspecified atom stereocenters. The number of H-pyrrole nitrogens is 1. The predicted octanol–water partition coefficient (Wildman–Crippen LogP) is 3.67. The molecule has 1 saturated heterocycles. The van der Waals surface area contributed by atoms with Gasteiger partial charge in [-0.25, -0.2) is 14.6 Å². The van der Waals surface area contributed by atoms with Gasteiger partial charge in [-0.15, -0.1) is 0 Å². The first-order chi connectivity index (χ1) is 17.1. The molecule has 6 N–H and O–H groups in total. The molecule has 1 aliphatic heterocycles. The van der Waals surface area contributed by atoms with Crippen LogP contribution < -0.4 is 11.1 Å². The van der Waals surface area contributed by atoms with Crippen LogP contribution in [0, 0.1) is 0 Å². The molecule has 0 spiro atoms. The van der Waals surface area contributed by atoms with Crippen molar-refractivity contribution in [1.82, 2.24) is 15.3 Å². The smallest absolute Gasteiger partial charge is 0.475 e. The van der Waals surface area contributed by atoms with Crippen molar-refractivity contribution in [3.05, 3.63) is 53.6 Å². The second-order valence-corrected chi connectivity index (χ2v) is 7.57. The van der Waals surface area contributed by atoms with Crippen molar-refractivity contribution in [1.29, 1.82) is 0 Å². The number of rotatable bonds is 3. The fourth-order valence-corrected chi connectivity index (χ4v) is 3.22. The summed E-state index contributed by atoms with van der Waals surface area (Å²) >= 11 is 0. The Labute approximate surface area is 204 Å². The molecule has 9 nitrogen and oxygen atoms in total. The van der Waals surface area contributed by atoms with Gasteiger partial charge < -0.3 is 26.2 Å². The van der Waals surface area contributed by atoms with Gasteiger partial charge in [0.15, 0.2) is 0 Å². The summed E-state index contributed by atoms with van der Waals surface area (Å²) in [5.41, 5.74) is 9.67. The van der Waals surface area contributed by atoms with Crippen LogP contribution in [0.3, 0.4) is 0 Å². The number of carboxylic acids is 2. The Balaban J connectivity index is 0.000000286. The van der Waals surface area contributed by atoms with Crippen LogP contribution in [0.5, 0.6) is 0 Å². The fourth-order valence-electron chi connectivity index (χ4n) is 3.22. The average molecular weight is 534 g/mol. The number of imidazole rings is 1. The molecule has 3 aromatic rings. The van der Waals surface area contributed by atoms with Gasteiger partial charge in [0, 0.05) is 12.1 Å². The van der Waals surface area contributed by atoms with Gasteiger partial charge in [-0.05, 0) is 36.6 Å². The number of alkyl halides is 6. The Morgan fingerprint density at radius 2 is 1.46 bits per heavy atom. The third-order valence-corrected chi connectivity index (χ3v) is 4.98. The Morgan fingerprint density at radius 1 is 0.919 bits per heavy atom. The van der Waals surface area contributed by atoms with Crippen molar-refractivity contribution >= 4 is 28.9 Å². The lowest BCUT2D eigenvalue weighted by molar-refractivity contribution is -0.193. The monoisotopic (exact) mass is 534 g/mol. The molecule has 1 aromatic heterocycles. The molecule has 0 bridgehead atoms. The van der Waals surface area contributed by atoms with Crippen LogP contribution in [0.25, 0.3) is 22.4 Å². The van der Waals surface area contributed by atoms with Crippen LogP contribution in [0.2, 0.25) is 0 Å². The van der Waals surface area contributed by atoms with E-state index in [4.69, 9.17) is 25.5 Å². The van der Waals surface area contributed by atoms with Crippen LogP contribution in [-0.2, 0) is 9.59 Å². The minimum absolute atomic E-state index is 0.443. The van der Waals surface area contributed by atoms with Crippen LogP contribution in [0.4, 0.5) is 26.3 Å². The molecule has 0 saturated carbocycles. The van der Waals surface area contributed by atoms with Crippen LogP contribution in [0.15, 0.2) is 42.5 Å². The standard InChI is InChI=1S/C18H18N4O.2C2HF3O2/c19-17(23)14-2-1-3-15-16(14)22-18(21-15)12-6-4-11(5-7-12)13-8-9-20-10-13;2*3-2(4,5)1(6)7/h1-7,13,20H,8-10H2,(H2,19,23)(H,21,22);2*(H,6,7). The van der Waals surface area contributed by atoms with E-state index >= 15 is 0 Å². The first-order valence-electron chi connectivity index (χ1n) is 10.3. The molecule has 200 valence electrons. The summed E-state index contributed by atoms with van der Waals surface area (Å²) in [4.78, 5) is 37.1. The minimum atomic E-state index is -5.08. The summed E-state index contributed by atoms with van der Waals surface area (Å²) in [5.74, 6) is -4.62. The topological polar surface area (TPSA) is 158 Å². The molecule has 0 aliphatic carbocycles. The molecular weight excluding hydrogens is 514 g/mol. The highest BCUT2D eigenvalue weighted by atomic mass is 19.4. The summed E-state index contributed by atoms with van der Waals surface area (Å²) in [6, 6.07) is 13.9. The summed E-state index contributed by atoms with van der Waals surface area (Å²) in [6.07, 6.45) is -8.98. The zero-order chi connectivity index (χ0) is 28.0. The summed E-state index contributed by atoms with van der Waals surface area (Å²) in [6.45, 7) is 2.14. The maximum Gasteiger partial charge on any atom is 0.490 e. The molecule has 1 atom stereocenters. The van der Waals surface area contributed by atoms with Gasteiger partial charge in [0.25, 0.3) is 5.91 Å². The largest absolute Gasteiger partial charge is 0.490 e. The van der Waals surface area contributed by atoms with Crippen molar-refractivity contribution in [2.24, 2.45) is 5.73 Å². The lowest BCUT2D eigenvalue weighted by atomic mass is 9.97. The number of para-hydroxylation sites is 1. The number of halogens is 6. The molecular formula is C22H20F6N4O5. The number of hydrogen-bond donors (Lipinski definition) is 5. The molecule has 0 radical (unpaired) electrons. The zero-order valence-corrected chi connectivity index (χ0v) is 18.7. The van der Waals surface area contributed by atoms with Gasteiger partial charge in [0.1, 0.15) is 11.3 Å². The molecule has 4 rings (SSSR count). The number of aromatic nitrogens is 2. The van der Waals surface area contributed by atoms with Crippen LogP contribution in [0.1, 0.15) is 28.3 Å². The van der Waals surface area contributed by atoms with E-state index in [0.717, 1.165) is 30.0 Å². The van der Waals surface area contributed by atoms with Gasteiger partial charge >= 0.3 is 24.3 Å². The quantitative estimate of drug-likeness (QED) is 0.321. The lowest BCUT2D eigenvalue weighted by Gasteiger charge is -2.08. The maximum absolute atomic E-state index is 11.5. The predicted molar refractivity (Wildman–Crippen MR) is 118 cm³/mol. The number of primary amides is 1. The molecule has 1 fully saturated rings. The number of benzene rings is 2. The number of aliphatic carboxylic acids is 2. The Hall–Kier alpha value is -4.14. The normalized spacial score (nSPS) is 15.2. The van der Waals surface area contributed by atoms with E-state index in [2.05, 4.69) is 39.6 Å². The van der Waals surface area contributed by atoms with Crippen molar-refractivity contribution in [2.45, 2.75) is 24.7 Å². The van der Waals surface area contributed by atoms with E-state index in [1.807, 2.05) is 6.07 Å². The zero-order valence-electron chi connectivity index (χ0n) is 18.7. The van der Waals surface area contributed by atoms with Gasteiger partial charge in [0.2, 0.25) is 0 Å². The van der Waals surface area contributed by atoms with Crippen molar-refractivity contribution in [3.63, 3.8) is 0 Å². The summed E-state index contributed by atoms with van der Waals surface area (Å²) in [5, 5.41) is 17.6. The van der Waals surface area contributed by atoms with Crippen molar-refractivity contribution < 1.29 is 50.9 Å². The van der Waals surface area contributed by atoms with Crippen molar-refractivity contribution in [2.75, 3.05) is 13.1 Å². The first kappa shape index (κ1) is 29.1. The number of aromatic amines is 1. The van der Waals surface area contributed by atoms with Gasteiger partial charge in [0.05, 0.1) is 11.1 Å². The second-order valence-electron chi connectivity index (χ2n) is 7.57. The van der Waals surface area contributed by atoms with Crippen LogP contribution in [-0.4, -0.2) is 63.5 Å². The van der Waals surface area contributed by atoms with E-state index in [-0.39, 0.29) is 0 Å². The molecule has 15 heteroatoms. The summed E-state index contributed by atoms with van der Waals surface area (Å²) < 4.78 is 63.5. The number of amides is 1. The molecule has 1 amide bonds. The van der Waals surface area contributed by atoms with Crippen molar-refractivity contribution in [3.8, 4) is 11.4 Å². The molecule has 2 aromatic carbocycles. The highest BCUT2D eigenvalue weighted by Crippen LogP contribution is 2.27. The number of nitrogens with zero attached hydrogens (tertiary/aromatic N) is 1. The van der Waals surface area contributed by atoms with E-state index in [1.54, 1.807) is 12.1 Å². The van der Waals surface area contributed by atoms with E-state index in [1.165, 1.54) is 12.0 Å². The third kappa shape index (κ3) is 8.20. The number of nitrogens with two attached hydrogens (primary N) is 1. The fraction of sp³-hybridized carbons (Fsp3) is 0.273. The Morgan fingerprint density at radius 3 is 1.89 bits per heavy atom. The maximum atomic E-state index is 11.5.